The number of benzene rings is 2. The maximum absolute atomic E-state index is 11.0. The molecule has 0 saturated carbocycles. The minimum absolute atomic E-state index is 0.312. The second-order valence-electron chi connectivity index (χ2n) is 4.05. The molecule has 0 radical (unpaired) electrons. The molecule has 1 amide bonds. The van der Waals surface area contributed by atoms with Crippen LogP contribution in [-0.2, 0) is 4.74 Å². The van der Waals surface area contributed by atoms with Gasteiger partial charge < -0.3 is 4.74 Å². The number of amides is 1. The summed E-state index contributed by atoms with van der Waals surface area (Å²) in [7, 11) is 0. The van der Waals surface area contributed by atoms with E-state index in [0.717, 1.165) is 0 Å². The topological polar surface area (TPSA) is 74.5 Å². The predicted molar refractivity (Wildman–Crippen MR) is 76.0 cm³/mol. The largest absolute Gasteiger partial charge is 0.450 e. The molecule has 0 atom stereocenters. The second kappa shape index (κ2) is 6.47. The number of para-hydroxylation sites is 2. The first kappa shape index (κ1) is 13.7. The molecular formula is C15H15N3O2. The zero-order valence-electron chi connectivity index (χ0n) is 11.1. The highest BCUT2D eigenvalue weighted by Crippen LogP contribution is 2.23. The Bertz CT molecular complexity index is 663. The minimum atomic E-state index is -0.538. The van der Waals surface area contributed by atoms with Gasteiger partial charge in [0.2, 0.25) is 0 Å². The van der Waals surface area contributed by atoms with E-state index in [1.807, 2.05) is 0 Å². The predicted octanol–water partition coefficient (Wildman–Crippen LogP) is 4.20. The standard InChI is InChI=1S/C9H11N3O2.C6H4/c1-2-14-9(13)11-7-5-3-4-6-8(7)12-10;1-2-6-4-3-5(1)6/h3-6,10H,2H2,1H3,(H,11,13);1-4H. The number of hydrogen-bond acceptors (Lipinski definition) is 4. The summed E-state index contributed by atoms with van der Waals surface area (Å²) in [5.41, 5.74) is 7.74. The molecule has 2 aliphatic carbocycles. The Hall–Kier alpha value is -2.69. The third-order valence-electron chi connectivity index (χ3n) is 2.75. The fraction of sp³-hybridized carbons (Fsp3) is 0.133. The van der Waals surface area contributed by atoms with Crippen molar-refractivity contribution in [3.05, 3.63) is 59.0 Å². The fourth-order valence-corrected chi connectivity index (χ4v) is 1.62. The van der Waals surface area contributed by atoms with Crippen molar-refractivity contribution in [1.29, 1.82) is 5.53 Å². The summed E-state index contributed by atoms with van der Waals surface area (Å²) in [6.45, 7) is 2.03. The minimum Gasteiger partial charge on any atom is -0.450 e. The number of anilines is 1. The first-order valence-electron chi connectivity index (χ1n) is 6.25. The van der Waals surface area contributed by atoms with E-state index < -0.39 is 6.09 Å². The van der Waals surface area contributed by atoms with Gasteiger partial charge in [-0.3, -0.25) is 5.32 Å². The summed E-state index contributed by atoms with van der Waals surface area (Å²) >= 11 is 0. The summed E-state index contributed by atoms with van der Waals surface area (Å²) in [6, 6.07) is 15.3. The van der Waals surface area contributed by atoms with E-state index in [1.165, 1.54) is 10.4 Å². The highest BCUT2D eigenvalue weighted by atomic mass is 16.5. The molecule has 3 rings (SSSR count). The Labute approximate surface area is 116 Å². The number of rotatable bonds is 3. The van der Waals surface area contributed by atoms with Crippen molar-refractivity contribution in [2.75, 3.05) is 11.9 Å². The third kappa shape index (κ3) is 3.20. The molecule has 0 fully saturated rings. The zero-order chi connectivity index (χ0) is 14.4. The molecule has 5 nitrogen and oxygen atoms in total. The van der Waals surface area contributed by atoms with Crippen LogP contribution >= 0.6 is 0 Å². The Morgan fingerprint density at radius 2 is 1.75 bits per heavy atom. The Morgan fingerprint density at radius 1 is 1.15 bits per heavy atom. The maximum atomic E-state index is 11.0. The number of nitrogens with zero attached hydrogens (tertiary/aromatic N) is 1. The molecule has 0 saturated heterocycles. The molecule has 20 heavy (non-hydrogen) atoms. The van der Waals surface area contributed by atoms with Gasteiger partial charge in [-0.2, -0.15) is 5.11 Å². The monoisotopic (exact) mass is 269 g/mol. The molecule has 1 aromatic rings. The van der Waals surface area contributed by atoms with E-state index in [4.69, 9.17) is 10.3 Å². The van der Waals surface area contributed by atoms with Crippen LogP contribution in [0.4, 0.5) is 16.2 Å². The van der Waals surface area contributed by atoms with Crippen molar-refractivity contribution in [2.45, 2.75) is 6.92 Å². The first-order chi connectivity index (χ1) is 9.74. The van der Waals surface area contributed by atoms with Crippen LogP contribution in [0.2, 0.25) is 0 Å². The Morgan fingerprint density at radius 3 is 2.20 bits per heavy atom. The quantitative estimate of drug-likeness (QED) is 0.699. The summed E-state index contributed by atoms with van der Waals surface area (Å²) < 4.78 is 4.69. The smallest absolute Gasteiger partial charge is 0.411 e. The van der Waals surface area contributed by atoms with Gasteiger partial charge in [0.05, 0.1) is 12.3 Å². The highest BCUT2D eigenvalue weighted by molar-refractivity contribution is 5.88. The third-order valence-corrected chi connectivity index (χ3v) is 2.75. The summed E-state index contributed by atoms with van der Waals surface area (Å²) in [4.78, 5) is 11.0. The fourth-order valence-electron chi connectivity index (χ4n) is 1.62. The van der Waals surface area contributed by atoms with Gasteiger partial charge in [-0.05, 0) is 29.5 Å². The van der Waals surface area contributed by atoms with Crippen LogP contribution in [0.25, 0.3) is 0 Å². The van der Waals surface area contributed by atoms with Gasteiger partial charge in [0.25, 0.3) is 0 Å². The van der Waals surface area contributed by atoms with E-state index in [1.54, 1.807) is 31.2 Å². The molecule has 0 heterocycles. The molecule has 0 bridgehead atoms. The molecule has 5 heteroatoms. The van der Waals surface area contributed by atoms with Crippen LogP contribution in [0.1, 0.15) is 6.92 Å². The molecule has 2 N–H and O–H groups in total. The van der Waals surface area contributed by atoms with Crippen LogP contribution in [0, 0.1) is 16.0 Å². The lowest BCUT2D eigenvalue weighted by Crippen LogP contribution is -2.13. The van der Waals surface area contributed by atoms with Crippen molar-refractivity contribution in [3.8, 4) is 0 Å². The molecule has 0 unspecified atom stereocenters. The average Bonchev–Trinajstić information content (AvgIpc) is 2.44. The average molecular weight is 269 g/mol. The molecule has 0 spiro atoms. The Kier molecular flexibility index (Phi) is 4.44. The van der Waals surface area contributed by atoms with E-state index >= 15 is 0 Å². The van der Waals surface area contributed by atoms with Gasteiger partial charge in [-0.1, -0.05) is 36.4 Å². The van der Waals surface area contributed by atoms with Gasteiger partial charge >= 0.3 is 6.09 Å². The van der Waals surface area contributed by atoms with Crippen molar-refractivity contribution in [3.63, 3.8) is 0 Å². The van der Waals surface area contributed by atoms with Crippen LogP contribution in [-0.4, -0.2) is 12.7 Å². The lowest BCUT2D eigenvalue weighted by molar-refractivity contribution is 0.168. The van der Waals surface area contributed by atoms with E-state index in [0.29, 0.717) is 18.0 Å². The SMILES string of the molecule is CCOC(=O)Nc1ccccc1N=N.c1cc2ccc1=2. The lowest BCUT2D eigenvalue weighted by Gasteiger charge is -2.06. The normalized spacial score (nSPS) is 9.85. The summed E-state index contributed by atoms with van der Waals surface area (Å²) in [5, 5.41) is 8.60. The van der Waals surface area contributed by atoms with Gasteiger partial charge in [0.1, 0.15) is 5.69 Å². The van der Waals surface area contributed by atoms with Crippen LogP contribution in [0.5, 0.6) is 0 Å². The summed E-state index contributed by atoms with van der Waals surface area (Å²) in [6.07, 6.45) is -0.538. The summed E-state index contributed by atoms with van der Waals surface area (Å²) in [5.74, 6) is 0. The number of hydrogen-bond donors (Lipinski definition) is 2. The zero-order valence-corrected chi connectivity index (χ0v) is 11.1. The van der Waals surface area contributed by atoms with E-state index in [-0.39, 0.29) is 0 Å². The molecule has 2 aliphatic rings. The van der Waals surface area contributed by atoms with Crippen molar-refractivity contribution < 1.29 is 9.53 Å². The van der Waals surface area contributed by atoms with Crippen molar-refractivity contribution in [1.82, 2.24) is 0 Å². The number of ether oxygens (including phenoxy) is 1. The van der Waals surface area contributed by atoms with E-state index in [9.17, 15) is 4.79 Å². The Balaban J connectivity index is 0.000000198. The maximum Gasteiger partial charge on any atom is 0.411 e. The molecular weight excluding hydrogens is 254 g/mol. The molecule has 0 aliphatic heterocycles. The molecule has 0 aromatic heterocycles. The first-order valence-corrected chi connectivity index (χ1v) is 6.25. The number of carbonyl (C=O) groups excluding carboxylic acids is 1. The van der Waals surface area contributed by atoms with Gasteiger partial charge in [-0.15, -0.1) is 0 Å². The van der Waals surface area contributed by atoms with Gasteiger partial charge in [-0.25, -0.2) is 10.3 Å². The van der Waals surface area contributed by atoms with Crippen LogP contribution < -0.4 is 5.32 Å². The second-order valence-corrected chi connectivity index (χ2v) is 4.05. The van der Waals surface area contributed by atoms with Gasteiger partial charge in [0, 0.05) is 0 Å². The molecule has 102 valence electrons. The van der Waals surface area contributed by atoms with Crippen LogP contribution in [0.3, 0.4) is 0 Å². The highest BCUT2D eigenvalue weighted by Gasteiger charge is 2.05. The van der Waals surface area contributed by atoms with Gasteiger partial charge in [0.15, 0.2) is 0 Å². The number of carbonyl (C=O) groups is 1. The lowest BCUT2D eigenvalue weighted by atomic mass is 10.1. The molecule has 1 aromatic carbocycles. The van der Waals surface area contributed by atoms with E-state index in [2.05, 4.69) is 34.7 Å². The van der Waals surface area contributed by atoms with Crippen molar-refractivity contribution >= 4 is 17.5 Å². The van der Waals surface area contributed by atoms with Crippen molar-refractivity contribution in [2.24, 2.45) is 5.11 Å². The van der Waals surface area contributed by atoms with Crippen LogP contribution in [0.15, 0.2) is 53.6 Å². The number of nitrogens with one attached hydrogen (secondary N) is 2.